The highest BCUT2D eigenvalue weighted by atomic mass is 16.5. The molecule has 1 aromatic heterocycles. The van der Waals surface area contributed by atoms with Gasteiger partial charge < -0.3 is 19.2 Å². The Morgan fingerprint density at radius 2 is 1.89 bits per heavy atom. The van der Waals surface area contributed by atoms with E-state index in [2.05, 4.69) is 12.2 Å². The molecule has 4 nitrogen and oxygen atoms in total. The van der Waals surface area contributed by atoms with Crippen LogP contribution in [0.15, 0.2) is 34.9 Å². The van der Waals surface area contributed by atoms with E-state index < -0.39 is 0 Å². The molecule has 1 heterocycles. The van der Waals surface area contributed by atoms with Crippen molar-refractivity contribution in [1.29, 1.82) is 0 Å². The van der Waals surface area contributed by atoms with Crippen molar-refractivity contribution in [3.05, 3.63) is 36.3 Å². The van der Waals surface area contributed by atoms with Crippen molar-refractivity contribution in [2.24, 2.45) is 0 Å². The smallest absolute Gasteiger partial charge is 0.161 e. The Labute approximate surface area is 113 Å². The maximum atomic E-state index is 5.52. The van der Waals surface area contributed by atoms with Gasteiger partial charge in [0.05, 0.1) is 27.0 Å². The molecular formula is C15H19NO3. The summed E-state index contributed by atoms with van der Waals surface area (Å²) in [6, 6.07) is 7.83. The third-order valence-corrected chi connectivity index (χ3v) is 2.98. The van der Waals surface area contributed by atoms with E-state index in [0.29, 0.717) is 6.54 Å². The monoisotopic (exact) mass is 261 g/mol. The van der Waals surface area contributed by atoms with Crippen LogP contribution < -0.4 is 14.8 Å². The summed E-state index contributed by atoms with van der Waals surface area (Å²) in [6.07, 6.45) is 1.71. The summed E-state index contributed by atoms with van der Waals surface area (Å²) in [5.41, 5.74) is 2.13. The van der Waals surface area contributed by atoms with E-state index in [-0.39, 0.29) is 0 Å². The molecule has 2 aromatic rings. The molecule has 1 N–H and O–H groups in total. The van der Waals surface area contributed by atoms with E-state index >= 15 is 0 Å². The van der Waals surface area contributed by atoms with Gasteiger partial charge in [-0.1, -0.05) is 13.0 Å². The third-order valence-electron chi connectivity index (χ3n) is 2.98. The van der Waals surface area contributed by atoms with Crippen molar-refractivity contribution in [3.8, 4) is 22.6 Å². The molecule has 0 unspecified atom stereocenters. The highest BCUT2D eigenvalue weighted by Gasteiger charge is 2.11. The van der Waals surface area contributed by atoms with Crippen molar-refractivity contribution in [2.45, 2.75) is 13.5 Å². The van der Waals surface area contributed by atoms with Gasteiger partial charge in [0, 0.05) is 5.56 Å². The predicted octanol–water partition coefficient (Wildman–Crippen LogP) is 3.07. The van der Waals surface area contributed by atoms with E-state index in [4.69, 9.17) is 13.9 Å². The molecule has 0 amide bonds. The summed E-state index contributed by atoms with van der Waals surface area (Å²) in [7, 11) is 3.27. The minimum Gasteiger partial charge on any atom is -0.493 e. The average Bonchev–Trinajstić information content (AvgIpc) is 2.92. The largest absolute Gasteiger partial charge is 0.493 e. The maximum absolute atomic E-state index is 5.52. The Morgan fingerprint density at radius 3 is 2.58 bits per heavy atom. The van der Waals surface area contributed by atoms with Gasteiger partial charge in [0.25, 0.3) is 0 Å². The molecule has 0 aliphatic heterocycles. The van der Waals surface area contributed by atoms with E-state index in [9.17, 15) is 0 Å². The molecular weight excluding hydrogens is 242 g/mol. The maximum Gasteiger partial charge on any atom is 0.161 e. The molecule has 0 bridgehead atoms. The number of hydrogen-bond donors (Lipinski definition) is 1. The molecule has 0 spiro atoms. The van der Waals surface area contributed by atoms with E-state index in [1.54, 1.807) is 20.5 Å². The summed E-state index contributed by atoms with van der Waals surface area (Å²) in [5.74, 6) is 2.37. The molecule has 0 radical (unpaired) electrons. The molecule has 0 aliphatic rings. The quantitative estimate of drug-likeness (QED) is 0.868. The lowest BCUT2D eigenvalue weighted by Crippen LogP contribution is -2.11. The Bertz CT molecular complexity index is 534. The van der Waals surface area contributed by atoms with Gasteiger partial charge in [-0.25, -0.2) is 0 Å². The van der Waals surface area contributed by atoms with Gasteiger partial charge in [-0.15, -0.1) is 0 Å². The zero-order valence-corrected chi connectivity index (χ0v) is 11.5. The lowest BCUT2D eigenvalue weighted by atomic mass is 10.1. The summed E-state index contributed by atoms with van der Waals surface area (Å²) in [5, 5.41) is 3.26. The van der Waals surface area contributed by atoms with E-state index in [1.165, 1.54) is 0 Å². The highest BCUT2D eigenvalue weighted by Crippen LogP contribution is 2.34. The Balaban J connectivity index is 2.33. The Morgan fingerprint density at radius 1 is 1.11 bits per heavy atom. The fraction of sp³-hybridized carbons (Fsp3) is 0.333. The molecule has 2 rings (SSSR count). The second kappa shape index (κ2) is 6.29. The molecule has 0 saturated heterocycles. The van der Waals surface area contributed by atoms with Gasteiger partial charge in [0.2, 0.25) is 0 Å². The first-order valence-corrected chi connectivity index (χ1v) is 6.29. The zero-order chi connectivity index (χ0) is 13.7. The second-order valence-corrected chi connectivity index (χ2v) is 4.11. The van der Waals surface area contributed by atoms with Crippen molar-refractivity contribution in [3.63, 3.8) is 0 Å². The van der Waals surface area contributed by atoms with Gasteiger partial charge in [0.1, 0.15) is 5.76 Å². The lowest BCUT2D eigenvalue weighted by molar-refractivity contribution is 0.355. The highest BCUT2D eigenvalue weighted by molar-refractivity contribution is 5.68. The minimum atomic E-state index is 0.715. The molecule has 4 heteroatoms. The fourth-order valence-corrected chi connectivity index (χ4v) is 1.98. The molecule has 0 aliphatic carbocycles. The third kappa shape index (κ3) is 2.90. The summed E-state index contributed by atoms with van der Waals surface area (Å²) in [6.45, 7) is 3.69. The van der Waals surface area contributed by atoms with Crippen LogP contribution in [0.5, 0.6) is 11.5 Å². The van der Waals surface area contributed by atoms with Gasteiger partial charge in [-0.05, 0) is 30.3 Å². The normalized spacial score (nSPS) is 10.5. The van der Waals surface area contributed by atoms with E-state index in [1.807, 2.05) is 24.3 Å². The van der Waals surface area contributed by atoms with Crippen LogP contribution in [0.4, 0.5) is 0 Å². The van der Waals surface area contributed by atoms with Gasteiger partial charge in [0.15, 0.2) is 11.5 Å². The van der Waals surface area contributed by atoms with Crippen LogP contribution in [0.3, 0.4) is 0 Å². The van der Waals surface area contributed by atoms with Crippen LogP contribution in [0.2, 0.25) is 0 Å². The number of hydrogen-bond acceptors (Lipinski definition) is 4. The second-order valence-electron chi connectivity index (χ2n) is 4.11. The topological polar surface area (TPSA) is 43.6 Å². The first-order chi connectivity index (χ1) is 9.30. The summed E-state index contributed by atoms with van der Waals surface area (Å²) < 4.78 is 16.1. The Hall–Kier alpha value is -1.94. The molecule has 0 saturated carbocycles. The molecule has 1 aromatic carbocycles. The van der Waals surface area contributed by atoms with Crippen LogP contribution >= 0.6 is 0 Å². The first-order valence-electron chi connectivity index (χ1n) is 6.29. The average molecular weight is 261 g/mol. The first kappa shape index (κ1) is 13.5. The molecule has 0 atom stereocenters. The number of methoxy groups -OCH3 is 2. The Kier molecular flexibility index (Phi) is 4.47. The van der Waals surface area contributed by atoms with Gasteiger partial charge in [-0.2, -0.15) is 0 Å². The van der Waals surface area contributed by atoms with Crippen LogP contribution in [-0.2, 0) is 6.54 Å². The number of rotatable bonds is 6. The summed E-state index contributed by atoms with van der Waals surface area (Å²) >= 11 is 0. The van der Waals surface area contributed by atoms with Crippen molar-refractivity contribution < 1.29 is 13.9 Å². The standard InChI is InChI=1S/C15H19NO3/c1-4-16-10-15-12(7-8-19-15)11-5-6-13(17-2)14(9-11)18-3/h5-9,16H,4,10H2,1-3H3. The van der Waals surface area contributed by atoms with Crippen molar-refractivity contribution >= 4 is 0 Å². The SMILES string of the molecule is CCNCc1occc1-c1ccc(OC)c(OC)c1. The van der Waals surface area contributed by atoms with Gasteiger partial charge in [-0.3, -0.25) is 0 Å². The molecule has 19 heavy (non-hydrogen) atoms. The van der Waals surface area contributed by atoms with Crippen molar-refractivity contribution in [2.75, 3.05) is 20.8 Å². The van der Waals surface area contributed by atoms with Crippen LogP contribution in [0.1, 0.15) is 12.7 Å². The van der Waals surface area contributed by atoms with Crippen LogP contribution in [0.25, 0.3) is 11.1 Å². The number of furan rings is 1. The van der Waals surface area contributed by atoms with Crippen LogP contribution in [-0.4, -0.2) is 20.8 Å². The fourth-order valence-electron chi connectivity index (χ4n) is 1.98. The minimum absolute atomic E-state index is 0.715. The molecule has 0 fully saturated rings. The summed E-state index contributed by atoms with van der Waals surface area (Å²) in [4.78, 5) is 0. The van der Waals surface area contributed by atoms with Gasteiger partial charge >= 0.3 is 0 Å². The zero-order valence-electron chi connectivity index (χ0n) is 11.5. The van der Waals surface area contributed by atoms with Crippen molar-refractivity contribution in [1.82, 2.24) is 5.32 Å². The van der Waals surface area contributed by atoms with Crippen LogP contribution in [0, 0.1) is 0 Å². The predicted molar refractivity (Wildman–Crippen MR) is 74.6 cm³/mol. The number of benzene rings is 1. The molecule has 102 valence electrons. The van der Waals surface area contributed by atoms with E-state index in [0.717, 1.165) is 34.9 Å². The number of ether oxygens (including phenoxy) is 2. The number of nitrogens with one attached hydrogen (secondary N) is 1. The lowest BCUT2D eigenvalue weighted by Gasteiger charge is -2.09.